The Hall–Kier alpha value is -1.27. The fourth-order valence-corrected chi connectivity index (χ4v) is 1.57. The van der Waals surface area contributed by atoms with Gasteiger partial charge in [-0.15, -0.1) is 0 Å². The van der Waals surface area contributed by atoms with Gasteiger partial charge in [0.25, 0.3) is 0 Å². The van der Waals surface area contributed by atoms with Crippen LogP contribution >= 0.6 is 0 Å². The van der Waals surface area contributed by atoms with E-state index < -0.39 is 5.60 Å². The van der Waals surface area contributed by atoms with E-state index >= 15 is 0 Å². The maximum atomic E-state index is 11.4. The molecule has 1 atom stereocenters. The molecule has 18 heavy (non-hydrogen) atoms. The molecule has 6 heteroatoms. The van der Waals surface area contributed by atoms with Crippen molar-refractivity contribution < 1.29 is 18.8 Å². The first-order chi connectivity index (χ1) is 8.55. The van der Waals surface area contributed by atoms with Gasteiger partial charge in [0.05, 0.1) is 6.42 Å². The lowest BCUT2D eigenvalue weighted by atomic mass is 10.0. The molecule has 1 heterocycles. The second-order valence-corrected chi connectivity index (χ2v) is 4.18. The van der Waals surface area contributed by atoms with Crippen molar-refractivity contribution in [1.29, 1.82) is 0 Å². The molecule has 0 aliphatic heterocycles. The summed E-state index contributed by atoms with van der Waals surface area (Å²) in [5.74, 6) is 0.681. The second kappa shape index (κ2) is 6.61. The lowest BCUT2D eigenvalue weighted by molar-refractivity contribution is -0.122. The number of carbonyl (C=O) groups is 1. The van der Waals surface area contributed by atoms with Gasteiger partial charge in [-0.3, -0.25) is 4.79 Å². The van der Waals surface area contributed by atoms with E-state index in [1.807, 2.05) is 20.8 Å². The number of ketones is 1. The molecule has 102 valence electrons. The van der Waals surface area contributed by atoms with E-state index in [1.165, 1.54) is 7.11 Å². The average molecular weight is 256 g/mol. The van der Waals surface area contributed by atoms with Gasteiger partial charge >= 0.3 is 0 Å². The quantitative estimate of drug-likeness (QED) is 0.701. The highest BCUT2D eigenvalue weighted by Crippen LogP contribution is 2.26. The molecule has 1 aromatic heterocycles. The Kier molecular flexibility index (Phi) is 5.43. The molecule has 0 bridgehead atoms. The van der Waals surface area contributed by atoms with Gasteiger partial charge in [-0.05, 0) is 20.3 Å². The summed E-state index contributed by atoms with van der Waals surface area (Å²) in [6.07, 6.45) is 0.818. The molecule has 1 rings (SSSR count). The van der Waals surface area contributed by atoms with Gasteiger partial charge in [0.1, 0.15) is 12.2 Å². The first-order valence-electron chi connectivity index (χ1n) is 6.03. The number of rotatable bonds is 8. The van der Waals surface area contributed by atoms with Crippen molar-refractivity contribution in [1.82, 2.24) is 10.1 Å². The Morgan fingerprint density at radius 2 is 2.17 bits per heavy atom. The highest BCUT2D eigenvalue weighted by Gasteiger charge is 2.31. The fourth-order valence-electron chi connectivity index (χ4n) is 1.57. The lowest BCUT2D eigenvalue weighted by Gasteiger charge is -2.23. The van der Waals surface area contributed by atoms with Crippen LogP contribution in [-0.4, -0.2) is 36.2 Å². The van der Waals surface area contributed by atoms with Crippen LogP contribution in [0.1, 0.15) is 38.9 Å². The monoisotopic (exact) mass is 256 g/mol. The summed E-state index contributed by atoms with van der Waals surface area (Å²) >= 11 is 0. The molecular formula is C12H20N2O4. The number of methoxy groups -OCH3 is 1. The van der Waals surface area contributed by atoms with Crippen molar-refractivity contribution in [2.45, 2.75) is 39.2 Å². The van der Waals surface area contributed by atoms with E-state index in [4.69, 9.17) is 14.0 Å². The third-order valence-electron chi connectivity index (χ3n) is 2.73. The number of Topliss-reactive ketones (excluding diaryl/α,β-unsaturated/α-hetero) is 1. The largest absolute Gasteiger partial charge is 0.377 e. The van der Waals surface area contributed by atoms with Gasteiger partial charge in [-0.1, -0.05) is 12.1 Å². The molecule has 1 unspecified atom stereocenters. The maximum absolute atomic E-state index is 11.4. The molecule has 0 radical (unpaired) electrons. The van der Waals surface area contributed by atoms with Crippen molar-refractivity contribution in [2.24, 2.45) is 0 Å². The van der Waals surface area contributed by atoms with Gasteiger partial charge in [0.15, 0.2) is 5.78 Å². The SMILES string of the molecule is CCOC(C)(CC)c1noc(CC(=O)COC)n1. The number of carbonyl (C=O) groups excluding carboxylic acids is 1. The van der Waals surface area contributed by atoms with Crippen molar-refractivity contribution in [2.75, 3.05) is 20.3 Å². The molecule has 0 aromatic carbocycles. The summed E-state index contributed by atoms with van der Waals surface area (Å²) in [5.41, 5.74) is -0.569. The summed E-state index contributed by atoms with van der Waals surface area (Å²) in [6.45, 7) is 6.42. The zero-order valence-corrected chi connectivity index (χ0v) is 11.4. The van der Waals surface area contributed by atoms with Crippen LogP contribution in [0.4, 0.5) is 0 Å². The minimum atomic E-state index is -0.569. The summed E-state index contributed by atoms with van der Waals surface area (Å²) in [6, 6.07) is 0. The summed E-state index contributed by atoms with van der Waals surface area (Å²) in [4.78, 5) is 15.6. The van der Waals surface area contributed by atoms with Crippen LogP contribution in [0.2, 0.25) is 0 Å². The smallest absolute Gasteiger partial charge is 0.234 e. The molecule has 0 fully saturated rings. The van der Waals surface area contributed by atoms with Gasteiger partial charge < -0.3 is 14.0 Å². The van der Waals surface area contributed by atoms with Gasteiger partial charge in [0, 0.05) is 13.7 Å². The zero-order valence-electron chi connectivity index (χ0n) is 11.4. The van der Waals surface area contributed by atoms with Crippen LogP contribution < -0.4 is 0 Å². The molecule has 1 aromatic rings. The van der Waals surface area contributed by atoms with Crippen molar-refractivity contribution >= 4 is 5.78 Å². The van der Waals surface area contributed by atoms with E-state index in [0.717, 1.165) is 6.42 Å². The minimum absolute atomic E-state index is 0.0498. The third kappa shape index (κ3) is 3.61. The predicted molar refractivity (Wildman–Crippen MR) is 64.2 cm³/mol. The Balaban J connectivity index is 2.75. The molecular weight excluding hydrogens is 236 g/mol. The molecule has 0 N–H and O–H groups in total. The van der Waals surface area contributed by atoms with Crippen LogP contribution in [0.3, 0.4) is 0 Å². The normalized spacial score (nSPS) is 14.4. The predicted octanol–water partition coefficient (Wildman–Crippen LogP) is 1.49. The standard InChI is InChI=1S/C12H20N2O4/c1-5-12(3,17-6-2)11-13-10(18-14-11)7-9(15)8-16-4/h5-8H2,1-4H3. The summed E-state index contributed by atoms with van der Waals surface area (Å²) < 4.78 is 15.4. The van der Waals surface area contributed by atoms with E-state index in [1.54, 1.807) is 0 Å². The molecule has 0 saturated heterocycles. The number of nitrogens with zero attached hydrogens (tertiary/aromatic N) is 2. The zero-order chi connectivity index (χ0) is 13.6. The lowest BCUT2D eigenvalue weighted by Crippen LogP contribution is -2.26. The van der Waals surface area contributed by atoms with Crippen LogP contribution in [0.15, 0.2) is 4.52 Å². The summed E-state index contributed by atoms with van der Waals surface area (Å²) in [7, 11) is 1.47. The van der Waals surface area contributed by atoms with E-state index in [-0.39, 0.29) is 18.8 Å². The van der Waals surface area contributed by atoms with Crippen molar-refractivity contribution in [3.63, 3.8) is 0 Å². The Labute approximate surface area is 107 Å². The van der Waals surface area contributed by atoms with Crippen LogP contribution in [0, 0.1) is 0 Å². The van der Waals surface area contributed by atoms with E-state index in [2.05, 4.69) is 10.1 Å². The highest BCUT2D eigenvalue weighted by molar-refractivity contribution is 5.81. The molecule has 0 aliphatic rings. The first-order valence-corrected chi connectivity index (χ1v) is 6.03. The molecule has 0 spiro atoms. The highest BCUT2D eigenvalue weighted by atomic mass is 16.5. The molecule has 0 amide bonds. The second-order valence-electron chi connectivity index (χ2n) is 4.18. The average Bonchev–Trinajstić information content (AvgIpc) is 2.78. The molecule has 0 saturated carbocycles. The molecule has 0 aliphatic carbocycles. The summed E-state index contributed by atoms with van der Waals surface area (Å²) in [5, 5.41) is 3.89. The maximum Gasteiger partial charge on any atom is 0.234 e. The van der Waals surface area contributed by atoms with Crippen molar-refractivity contribution in [3.05, 3.63) is 11.7 Å². The number of ether oxygens (including phenoxy) is 2. The van der Waals surface area contributed by atoms with Gasteiger partial charge in [0.2, 0.25) is 11.7 Å². The van der Waals surface area contributed by atoms with E-state index in [0.29, 0.717) is 18.3 Å². The Morgan fingerprint density at radius 3 is 2.72 bits per heavy atom. The van der Waals surface area contributed by atoms with Gasteiger partial charge in [-0.2, -0.15) is 4.98 Å². The van der Waals surface area contributed by atoms with Crippen molar-refractivity contribution in [3.8, 4) is 0 Å². The number of aromatic nitrogens is 2. The van der Waals surface area contributed by atoms with E-state index in [9.17, 15) is 4.79 Å². The first kappa shape index (κ1) is 14.8. The Bertz CT molecular complexity index is 391. The topological polar surface area (TPSA) is 74.5 Å². The minimum Gasteiger partial charge on any atom is -0.377 e. The van der Waals surface area contributed by atoms with Crippen LogP contribution in [-0.2, 0) is 26.3 Å². The fraction of sp³-hybridized carbons (Fsp3) is 0.750. The molecule has 6 nitrogen and oxygen atoms in total. The van der Waals surface area contributed by atoms with Crippen LogP contribution in [0.5, 0.6) is 0 Å². The number of hydrogen-bond donors (Lipinski definition) is 0. The number of hydrogen-bond acceptors (Lipinski definition) is 6. The van der Waals surface area contributed by atoms with Gasteiger partial charge in [-0.25, -0.2) is 0 Å². The van der Waals surface area contributed by atoms with Crippen LogP contribution in [0.25, 0.3) is 0 Å². The Morgan fingerprint density at radius 1 is 1.44 bits per heavy atom. The third-order valence-corrected chi connectivity index (χ3v) is 2.73.